The van der Waals surface area contributed by atoms with E-state index < -0.39 is 16.0 Å². The van der Waals surface area contributed by atoms with Gasteiger partial charge in [0.05, 0.1) is 21.2 Å². The summed E-state index contributed by atoms with van der Waals surface area (Å²) in [6, 6.07) is 3.55. The van der Waals surface area contributed by atoms with Crippen molar-refractivity contribution in [3.8, 4) is 0 Å². The lowest BCUT2D eigenvalue weighted by Crippen LogP contribution is -2.26. The molecule has 0 radical (unpaired) electrons. The molecule has 0 aliphatic rings. The van der Waals surface area contributed by atoms with E-state index in [1.54, 1.807) is 12.3 Å². The number of aromatic nitrogens is 1. The molecule has 2 aromatic rings. The van der Waals surface area contributed by atoms with Crippen LogP contribution in [0, 0.1) is 6.92 Å². The first-order chi connectivity index (χ1) is 9.73. The zero-order chi connectivity index (χ0) is 15.8. The minimum atomic E-state index is -3.89. The van der Waals surface area contributed by atoms with Crippen molar-refractivity contribution in [1.82, 2.24) is 4.98 Å². The molecule has 1 heterocycles. The second-order valence-electron chi connectivity index (χ2n) is 4.19. The molecule has 9 heteroatoms. The van der Waals surface area contributed by atoms with E-state index in [0.29, 0.717) is 10.8 Å². The Kier molecular flexibility index (Phi) is 4.22. The van der Waals surface area contributed by atoms with Crippen LogP contribution in [0.2, 0.25) is 5.02 Å². The number of halogens is 1. The van der Waals surface area contributed by atoms with E-state index in [-0.39, 0.29) is 15.5 Å². The largest absolute Gasteiger partial charge is 0.478 e. The lowest BCUT2D eigenvalue weighted by atomic mass is 10.2. The summed E-state index contributed by atoms with van der Waals surface area (Å²) in [7, 11) is -2.53. The summed E-state index contributed by atoms with van der Waals surface area (Å²) in [6.45, 7) is 1.76. The molecule has 2 rings (SSSR count). The molecule has 0 saturated heterocycles. The molecule has 0 unspecified atom stereocenters. The van der Waals surface area contributed by atoms with Crippen LogP contribution in [0.5, 0.6) is 0 Å². The molecule has 6 nitrogen and oxygen atoms in total. The van der Waals surface area contributed by atoms with Crippen LogP contribution in [0.25, 0.3) is 0 Å². The van der Waals surface area contributed by atoms with Crippen molar-refractivity contribution < 1.29 is 18.3 Å². The predicted molar refractivity (Wildman–Crippen MR) is 80.9 cm³/mol. The number of aryl methyl sites for hydroxylation is 1. The maximum absolute atomic E-state index is 12.5. The lowest BCUT2D eigenvalue weighted by molar-refractivity contribution is 0.0697. The Hall–Kier alpha value is -1.64. The van der Waals surface area contributed by atoms with E-state index in [0.717, 1.165) is 10.4 Å². The van der Waals surface area contributed by atoms with Crippen molar-refractivity contribution in [3.05, 3.63) is 39.9 Å². The number of aromatic carboxylic acids is 1. The van der Waals surface area contributed by atoms with Crippen LogP contribution in [0.15, 0.2) is 28.5 Å². The SMILES string of the molecule is Cc1csc(N(C)S(=O)(=O)c2ccc(Cl)c(C(=O)O)c2)n1. The number of thiazole rings is 1. The number of carboxylic acids is 1. The van der Waals surface area contributed by atoms with Crippen molar-refractivity contribution in [2.75, 3.05) is 11.4 Å². The number of hydrogen-bond acceptors (Lipinski definition) is 5. The number of nitrogens with zero attached hydrogens (tertiary/aromatic N) is 2. The van der Waals surface area contributed by atoms with Gasteiger partial charge >= 0.3 is 5.97 Å². The van der Waals surface area contributed by atoms with Gasteiger partial charge in [0.2, 0.25) is 0 Å². The first kappa shape index (κ1) is 15.7. The molecule has 0 aliphatic heterocycles. The number of sulfonamides is 1. The van der Waals surface area contributed by atoms with Gasteiger partial charge in [0.1, 0.15) is 0 Å². The maximum atomic E-state index is 12.5. The van der Waals surface area contributed by atoms with Gasteiger partial charge < -0.3 is 5.11 Å². The van der Waals surface area contributed by atoms with Crippen molar-refractivity contribution in [2.45, 2.75) is 11.8 Å². The van der Waals surface area contributed by atoms with E-state index in [1.165, 1.54) is 30.5 Å². The van der Waals surface area contributed by atoms with E-state index >= 15 is 0 Å². The molecule has 0 atom stereocenters. The Morgan fingerprint density at radius 3 is 2.62 bits per heavy atom. The normalized spacial score (nSPS) is 11.4. The molecule has 1 N–H and O–H groups in total. The summed E-state index contributed by atoms with van der Waals surface area (Å²) >= 11 is 6.93. The average molecular weight is 347 g/mol. The van der Waals surface area contributed by atoms with Crippen molar-refractivity contribution in [2.24, 2.45) is 0 Å². The third-order valence-electron chi connectivity index (χ3n) is 2.70. The van der Waals surface area contributed by atoms with Crippen LogP contribution in [-0.2, 0) is 10.0 Å². The lowest BCUT2D eigenvalue weighted by Gasteiger charge is -2.16. The van der Waals surface area contributed by atoms with Gasteiger partial charge in [-0.2, -0.15) is 0 Å². The number of anilines is 1. The van der Waals surface area contributed by atoms with Crippen LogP contribution in [0.1, 0.15) is 16.1 Å². The zero-order valence-electron chi connectivity index (χ0n) is 11.1. The minimum Gasteiger partial charge on any atom is -0.478 e. The summed E-state index contributed by atoms with van der Waals surface area (Å²) in [5, 5.41) is 11.0. The van der Waals surface area contributed by atoms with Crippen LogP contribution < -0.4 is 4.31 Å². The van der Waals surface area contributed by atoms with E-state index in [2.05, 4.69) is 4.98 Å². The third kappa shape index (κ3) is 3.02. The summed E-state index contributed by atoms with van der Waals surface area (Å²) in [4.78, 5) is 15.0. The highest BCUT2D eigenvalue weighted by Crippen LogP contribution is 2.27. The Bertz CT molecular complexity index is 801. The standard InChI is InChI=1S/C12H11ClN2O4S2/c1-7-6-20-12(14-7)15(2)21(18,19)8-3-4-10(13)9(5-8)11(16)17/h3-6H,1-2H3,(H,16,17). The summed E-state index contributed by atoms with van der Waals surface area (Å²) < 4.78 is 26.0. The molecule has 21 heavy (non-hydrogen) atoms. The highest BCUT2D eigenvalue weighted by Gasteiger charge is 2.25. The highest BCUT2D eigenvalue weighted by molar-refractivity contribution is 7.93. The van der Waals surface area contributed by atoms with Crippen molar-refractivity contribution in [3.63, 3.8) is 0 Å². The van der Waals surface area contributed by atoms with Gasteiger partial charge in [0.15, 0.2) is 5.13 Å². The van der Waals surface area contributed by atoms with Gasteiger partial charge in [-0.1, -0.05) is 11.6 Å². The Labute approximate surface area is 130 Å². The van der Waals surface area contributed by atoms with Crippen LogP contribution in [-0.4, -0.2) is 31.5 Å². The number of benzene rings is 1. The van der Waals surface area contributed by atoms with Gasteiger partial charge in [0.25, 0.3) is 10.0 Å². The van der Waals surface area contributed by atoms with Crippen LogP contribution >= 0.6 is 22.9 Å². The minimum absolute atomic E-state index is 0.0193. The molecule has 112 valence electrons. The topological polar surface area (TPSA) is 87.6 Å². The molecule has 0 bridgehead atoms. The van der Waals surface area contributed by atoms with Crippen LogP contribution in [0.4, 0.5) is 5.13 Å². The molecule has 0 fully saturated rings. The molecule has 0 saturated carbocycles. The maximum Gasteiger partial charge on any atom is 0.337 e. The molecule has 1 aromatic heterocycles. The molecule has 0 spiro atoms. The second kappa shape index (κ2) is 5.63. The molecule has 0 amide bonds. The summed E-state index contributed by atoms with van der Waals surface area (Å²) in [5.41, 5.74) is 0.445. The van der Waals surface area contributed by atoms with E-state index in [1.807, 2.05) is 0 Å². The van der Waals surface area contributed by atoms with Gasteiger partial charge in [-0.25, -0.2) is 22.5 Å². The number of rotatable bonds is 4. The molecule has 0 aliphatic carbocycles. The molecule has 1 aromatic carbocycles. The first-order valence-electron chi connectivity index (χ1n) is 5.67. The Morgan fingerprint density at radius 1 is 1.43 bits per heavy atom. The van der Waals surface area contributed by atoms with E-state index in [4.69, 9.17) is 16.7 Å². The molecular formula is C12H11ClN2O4S2. The zero-order valence-corrected chi connectivity index (χ0v) is 13.5. The fraction of sp³-hybridized carbons (Fsp3) is 0.167. The average Bonchev–Trinajstić information content (AvgIpc) is 2.84. The Balaban J connectivity index is 2.49. The fourth-order valence-electron chi connectivity index (χ4n) is 1.58. The summed E-state index contributed by atoms with van der Waals surface area (Å²) in [6.07, 6.45) is 0. The second-order valence-corrected chi connectivity index (χ2v) is 7.40. The fourth-order valence-corrected chi connectivity index (χ4v) is 3.94. The smallest absolute Gasteiger partial charge is 0.337 e. The number of hydrogen-bond donors (Lipinski definition) is 1. The predicted octanol–water partition coefficient (Wildman–Crippen LogP) is 2.63. The van der Waals surface area contributed by atoms with Crippen molar-refractivity contribution >= 4 is 44.1 Å². The third-order valence-corrected chi connectivity index (χ3v) is 5.93. The first-order valence-corrected chi connectivity index (χ1v) is 8.37. The highest BCUT2D eigenvalue weighted by atomic mass is 35.5. The van der Waals surface area contributed by atoms with Gasteiger partial charge in [0, 0.05) is 12.4 Å². The quantitative estimate of drug-likeness (QED) is 0.919. The van der Waals surface area contributed by atoms with Crippen molar-refractivity contribution in [1.29, 1.82) is 0 Å². The van der Waals surface area contributed by atoms with Gasteiger partial charge in [-0.3, -0.25) is 0 Å². The molecular weight excluding hydrogens is 336 g/mol. The number of carboxylic acid groups (broad SMARTS) is 1. The van der Waals surface area contributed by atoms with Gasteiger partial charge in [-0.05, 0) is 25.1 Å². The van der Waals surface area contributed by atoms with Crippen LogP contribution in [0.3, 0.4) is 0 Å². The number of carbonyl (C=O) groups is 1. The monoisotopic (exact) mass is 346 g/mol. The van der Waals surface area contributed by atoms with E-state index in [9.17, 15) is 13.2 Å². The summed E-state index contributed by atoms with van der Waals surface area (Å²) in [5.74, 6) is -1.29. The Morgan fingerprint density at radius 2 is 2.10 bits per heavy atom. The van der Waals surface area contributed by atoms with Gasteiger partial charge in [-0.15, -0.1) is 11.3 Å².